The van der Waals surface area contributed by atoms with Crippen LogP contribution in [-0.2, 0) is 15.5 Å². The highest BCUT2D eigenvalue weighted by atomic mass is 32.2. The smallest absolute Gasteiger partial charge is 0.160 e. The molecule has 13 heavy (non-hydrogen) atoms. The molecule has 0 aliphatic carbocycles. The van der Waals surface area contributed by atoms with Crippen LogP contribution in [0.1, 0.15) is 6.92 Å². The maximum Gasteiger partial charge on any atom is 0.160 e. The fourth-order valence-corrected chi connectivity index (χ4v) is 2.21. The van der Waals surface area contributed by atoms with Gasteiger partial charge in [0.25, 0.3) is 0 Å². The molecular formula is C7H14O5S. The number of rotatable bonds is 2. The standard InChI is InChI=1S/C7H14O5S/c1-2-13(11)7-6(10)5(9)4(8)3-12-7/h4-10H,2-3H2,1H3. The van der Waals surface area contributed by atoms with E-state index >= 15 is 0 Å². The Hall–Kier alpha value is -0.0100. The van der Waals surface area contributed by atoms with Crippen LogP contribution in [0.4, 0.5) is 0 Å². The van der Waals surface area contributed by atoms with E-state index in [2.05, 4.69) is 0 Å². The molecule has 1 fully saturated rings. The zero-order chi connectivity index (χ0) is 10.0. The number of hydrogen-bond donors (Lipinski definition) is 3. The van der Waals surface area contributed by atoms with E-state index in [4.69, 9.17) is 9.84 Å². The third-order valence-corrected chi connectivity index (χ3v) is 3.50. The van der Waals surface area contributed by atoms with Crippen LogP contribution in [0.25, 0.3) is 0 Å². The molecule has 1 aliphatic rings. The molecule has 5 unspecified atom stereocenters. The molecule has 6 heteroatoms. The molecule has 1 aliphatic heterocycles. The largest absolute Gasteiger partial charge is 0.388 e. The van der Waals surface area contributed by atoms with Gasteiger partial charge < -0.3 is 20.1 Å². The molecule has 0 bridgehead atoms. The first kappa shape index (κ1) is 11.1. The van der Waals surface area contributed by atoms with Gasteiger partial charge in [0.05, 0.1) is 17.4 Å². The summed E-state index contributed by atoms with van der Waals surface area (Å²) in [7, 11) is -1.32. The van der Waals surface area contributed by atoms with Crippen molar-refractivity contribution in [2.45, 2.75) is 30.7 Å². The molecule has 5 nitrogen and oxygen atoms in total. The molecule has 0 aromatic rings. The van der Waals surface area contributed by atoms with Crippen LogP contribution in [0, 0.1) is 0 Å². The lowest BCUT2D eigenvalue weighted by molar-refractivity contribution is -0.162. The second kappa shape index (κ2) is 4.47. The van der Waals surface area contributed by atoms with E-state index < -0.39 is 34.5 Å². The van der Waals surface area contributed by atoms with Gasteiger partial charge in [0.15, 0.2) is 5.44 Å². The van der Waals surface area contributed by atoms with Gasteiger partial charge in [-0.2, -0.15) is 0 Å². The van der Waals surface area contributed by atoms with Crippen LogP contribution in [0.2, 0.25) is 0 Å². The predicted molar refractivity (Wildman–Crippen MR) is 46.4 cm³/mol. The SMILES string of the molecule is CCS(=O)C1OCC(O)C(O)C1O. The van der Waals surface area contributed by atoms with Gasteiger partial charge in [-0.1, -0.05) is 6.92 Å². The Bertz CT molecular complexity index is 197. The molecule has 1 saturated heterocycles. The van der Waals surface area contributed by atoms with Gasteiger partial charge in [-0.3, -0.25) is 4.21 Å². The van der Waals surface area contributed by atoms with Crippen LogP contribution in [0.15, 0.2) is 0 Å². The number of aliphatic hydroxyl groups excluding tert-OH is 3. The summed E-state index contributed by atoms with van der Waals surface area (Å²) < 4.78 is 16.2. The molecule has 3 N–H and O–H groups in total. The van der Waals surface area contributed by atoms with Gasteiger partial charge in [0, 0.05) is 5.75 Å². The van der Waals surface area contributed by atoms with Crippen LogP contribution < -0.4 is 0 Å². The van der Waals surface area contributed by atoms with Crippen LogP contribution >= 0.6 is 0 Å². The third kappa shape index (κ3) is 2.26. The van der Waals surface area contributed by atoms with Crippen molar-refractivity contribution in [1.29, 1.82) is 0 Å². The van der Waals surface area contributed by atoms with Crippen molar-refractivity contribution >= 4 is 10.8 Å². The Morgan fingerprint density at radius 3 is 2.54 bits per heavy atom. The Morgan fingerprint density at radius 1 is 1.38 bits per heavy atom. The molecule has 1 heterocycles. The van der Waals surface area contributed by atoms with Crippen molar-refractivity contribution in [3.05, 3.63) is 0 Å². The van der Waals surface area contributed by atoms with Crippen molar-refractivity contribution in [2.75, 3.05) is 12.4 Å². The molecule has 0 spiro atoms. The summed E-state index contributed by atoms with van der Waals surface area (Å²) in [5, 5.41) is 27.7. The molecule has 0 aromatic carbocycles. The fourth-order valence-electron chi connectivity index (χ4n) is 1.17. The van der Waals surface area contributed by atoms with Crippen LogP contribution in [0.3, 0.4) is 0 Å². The van der Waals surface area contributed by atoms with E-state index in [1.807, 2.05) is 0 Å². The monoisotopic (exact) mass is 210 g/mol. The van der Waals surface area contributed by atoms with Gasteiger partial charge in [-0.15, -0.1) is 0 Å². The average Bonchev–Trinajstić information content (AvgIpc) is 2.13. The Kier molecular flexibility index (Phi) is 3.81. The lowest BCUT2D eigenvalue weighted by atomic mass is 10.1. The summed E-state index contributed by atoms with van der Waals surface area (Å²) >= 11 is 0. The van der Waals surface area contributed by atoms with Crippen molar-refractivity contribution in [3.8, 4) is 0 Å². The summed E-state index contributed by atoms with van der Waals surface area (Å²) in [4.78, 5) is 0. The number of hydrogen-bond acceptors (Lipinski definition) is 5. The molecule has 1 rings (SSSR count). The summed E-state index contributed by atoms with van der Waals surface area (Å²) in [6, 6.07) is 0. The highest BCUT2D eigenvalue weighted by Gasteiger charge is 2.39. The van der Waals surface area contributed by atoms with E-state index in [0.29, 0.717) is 5.75 Å². The zero-order valence-electron chi connectivity index (χ0n) is 7.29. The molecule has 5 atom stereocenters. The second-order valence-corrected chi connectivity index (χ2v) is 4.72. The minimum Gasteiger partial charge on any atom is -0.388 e. The van der Waals surface area contributed by atoms with Crippen LogP contribution in [-0.4, -0.2) is 55.6 Å². The fraction of sp³-hybridized carbons (Fsp3) is 1.00. The van der Waals surface area contributed by atoms with E-state index in [1.165, 1.54) is 0 Å². The Labute approximate surface area is 78.8 Å². The molecule has 0 saturated carbocycles. The van der Waals surface area contributed by atoms with E-state index in [9.17, 15) is 14.4 Å². The first-order valence-electron chi connectivity index (χ1n) is 4.11. The van der Waals surface area contributed by atoms with Gasteiger partial charge in [0.2, 0.25) is 0 Å². The minimum absolute atomic E-state index is 0.0887. The van der Waals surface area contributed by atoms with Crippen molar-refractivity contribution in [2.24, 2.45) is 0 Å². The highest BCUT2D eigenvalue weighted by molar-refractivity contribution is 7.85. The average molecular weight is 210 g/mol. The molecule has 78 valence electrons. The van der Waals surface area contributed by atoms with Gasteiger partial charge in [0.1, 0.15) is 18.3 Å². The topological polar surface area (TPSA) is 87.0 Å². The van der Waals surface area contributed by atoms with E-state index in [0.717, 1.165) is 0 Å². The van der Waals surface area contributed by atoms with E-state index in [1.54, 1.807) is 6.92 Å². The summed E-state index contributed by atoms with van der Waals surface area (Å²) in [5.41, 5.74) is -0.886. The third-order valence-electron chi connectivity index (χ3n) is 2.00. The summed E-state index contributed by atoms with van der Waals surface area (Å²) in [6.07, 6.45) is -3.64. The van der Waals surface area contributed by atoms with E-state index in [-0.39, 0.29) is 6.61 Å². The number of aliphatic hydroxyl groups is 3. The van der Waals surface area contributed by atoms with Crippen molar-refractivity contribution in [3.63, 3.8) is 0 Å². The van der Waals surface area contributed by atoms with Gasteiger partial charge in [-0.25, -0.2) is 0 Å². The van der Waals surface area contributed by atoms with Crippen molar-refractivity contribution in [1.82, 2.24) is 0 Å². The quantitative estimate of drug-likeness (QED) is 0.500. The normalized spacial score (nSPS) is 43.1. The van der Waals surface area contributed by atoms with Gasteiger partial charge in [-0.05, 0) is 0 Å². The molecule has 0 radical (unpaired) electrons. The second-order valence-electron chi connectivity index (χ2n) is 2.92. The van der Waals surface area contributed by atoms with Crippen molar-refractivity contribution < 1.29 is 24.3 Å². The predicted octanol–water partition coefficient (Wildman–Crippen LogP) is -1.81. The van der Waals surface area contributed by atoms with Gasteiger partial charge >= 0.3 is 0 Å². The lowest BCUT2D eigenvalue weighted by Gasteiger charge is -2.34. The zero-order valence-corrected chi connectivity index (χ0v) is 8.11. The maximum absolute atomic E-state index is 11.3. The molecule has 0 aromatic heterocycles. The summed E-state index contributed by atoms with van der Waals surface area (Å²) in [5.74, 6) is 0.352. The Balaban J connectivity index is 2.63. The van der Waals surface area contributed by atoms with Crippen LogP contribution in [0.5, 0.6) is 0 Å². The molecular weight excluding hydrogens is 196 g/mol. The lowest BCUT2D eigenvalue weighted by Crippen LogP contribution is -2.54. The highest BCUT2D eigenvalue weighted by Crippen LogP contribution is 2.18. The summed E-state index contributed by atoms with van der Waals surface area (Å²) in [6.45, 7) is 1.61. The number of ether oxygens (including phenoxy) is 1. The Morgan fingerprint density at radius 2 is 2.00 bits per heavy atom. The first-order valence-corrected chi connectivity index (χ1v) is 5.49. The minimum atomic E-state index is -1.32. The maximum atomic E-state index is 11.3. The first-order chi connectivity index (χ1) is 6.07. The molecule has 0 amide bonds.